The van der Waals surface area contributed by atoms with Crippen molar-refractivity contribution in [3.63, 3.8) is 0 Å². The average molecular weight is 213 g/mol. The molecule has 1 aliphatic rings. The molecule has 1 saturated heterocycles. The SMILES string of the molecule is CCNN1CC(CC)CC(C)(NCC)C1. The molecule has 0 saturated carbocycles. The van der Waals surface area contributed by atoms with Crippen molar-refractivity contribution < 1.29 is 0 Å². The number of nitrogens with one attached hydrogen (secondary N) is 2. The second-order valence-electron chi connectivity index (χ2n) is 4.96. The molecule has 2 N–H and O–H groups in total. The predicted octanol–water partition coefficient (Wildman–Crippen LogP) is 1.61. The van der Waals surface area contributed by atoms with E-state index in [2.05, 4.69) is 43.4 Å². The summed E-state index contributed by atoms with van der Waals surface area (Å²) in [7, 11) is 0. The molecule has 0 aromatic rings. The summed E-state index contributed by atoms with van der Waals surface area (Å²) in [5, 5.41) is 6.02. The van der Waals surface area contributed by atoms with Crippen LogP contribution in [0, 0.1) is 5.92 Å². The highest BCUT2D eigenvalue weighted by molar-refractivity contribution is 4.92. The van der Waals surface area contributed by atoms with E-state index in [4.69, 9.17) is 0 Å². The Kier molecular flexibility index (Phi) is 5.03. The van der Waals surface area contributed by atoms with Gasteiger partial charge >= 0.3 is 0 Å². The molecular formula is C12H27N3. The Labute approximate surface area is 94.6 Å². The Hall–Kier alpha value is -0.120. The summed E-state index contributed by atoms with van der Waals surface area (Å²) in [6.07, 6.45) is 2.59. The Morgan fingerprint density at radius 1 is 1.27 bits per heavy atom. The van der Waals surface area contributed by atoms with Crippen LogP contribution in [0.15, 0.2) is 0 Å². The Morgan fingerprint density at radius 3 is 2.53 bits per heavy atom. The molecule has 15 heavy (non-hydrogen) atoms. The summed E-state index contributed by atoms with van der Waals surface area (Å²) in [6, 6.07) is 0. The number of hydrazine groups is 1. The molecule has 1 rings (SSSR count). The number of likely N-dealkylation sites (N-methyl/N-ethyl adjacent to an activating group) is 1. The van der Waals surface area contributed by atoms with Crippen molar-refractivity contribution in [2.45, 2.75) is 46.1 Å². The van der Waals surface area contributed by atoms with Gasteiger partial charge in [-0.1, -0.05) is 27.2 Å². The highest BCUT2D eigenvalue weighted by atomic mass is 15.5. The number of piperidine rings is 1. The molecule has 0 amide bonds. The Balaban J connectivity index is 2.57. The minimum absolute atomic E-state index is 0.288. The molecule has 3 nitrogen and oxygen atoms in total. The van der Waals surface area contributed by atoms with Crippen molar-refractivity contribution in [1.29, 1.82) is 0 Å². The van der Waals surface area contributed by atoms with Crippen LogP contribution in [0.4, 0.5) is 0 Å². The van der Waals surface area contributed by atoms with Crippen LogP contribution in [0.3, 0.4) is 0 Å². The van der Waals surface area contributed by atoms with Crippen molar-refractivity contribution in [2.75, 3.05) is 26.2 Å². The van der Waals surface area contributed by atoms with Gasteiger partial charge in [-0.15, -0.1) is 0 Å². The number of rotatable bonds is 5. The zero-order chi connectivity index (χ0) is 11.3. The highest BCUT2D eigenvalue weighted by Crippen LogP contribution is 2.26. The van der Waals surface area contributed by atoms with E-state index in [0.29, 0.717) is 0 Å². The molecule has 2 atom stereocenters. The monoisotopic (exact) mass is 213 g/mol. The number of hydrogen-bond acceptors (Lipinski definition) is 3. The maximum absolute atomic E-state index is 3.63. The van der Waals surface area contributed by atoms with Crippen LogP contribution in [0.25, 0.3) is 0 Å². The smallest absolute Gasteiger partial charge is 0.0311 e. The van der Waals surface area contributed by atoms with Crippen LogP contribution in [0.2, 0.25) is 0 Å². The van der Waals surface area contributed by atoms with E-state index >= 15 is 0 Å². The molecule has 0 bridgehead atoms. The summed E-state index contributed by atoms with van der Waals surface area (Å²) in [6.45, 7) is 13.4. The fourth-order valence-electron chi connectivity index (χ4n) is 2.74. The summed E-state index contributed by atoms with van der Waals surface area (Å²) < 4.78 is 0. The lowest BCUT2D eigenvalue weighted by atomic mass is 9.83. The second-order valence-corrected chi connectivity index (χ2v) is 4.96. The molecule has 90 valence electrons. The Morgan fingerprint density at radius 2 is 2.00 bits per heavy atom. The van der Waals surface area contributed by atoms with Crippen LogP contribution in [0.5, 0.6) is 0 Å². The first-order chi connectivity index (χ1) is 7.13. The van der Waals surface area contributed by atoms with Crippen molar-refractivity contribution in [1.82, 2.24) is 15.8 Å². The van der Waals surface area contributed by atoms with Gasteiger partial charge in [0.1, 0.15) is 0 Å². The van der Waals surface area contributed by atoms with Crippen LogP contribution >= 0.6 is 0 Å². The fourth-order valence-corrected chi connectivity index (χ4v) is 2.74. The van der Waals surface area contributed by atoms with E-state index in [9.17, 15) is 0 Å². The van der Waals surface area contributed by atoms with Gasteiger partial charge in [-0.3, -0.25) is 5.43 Å². The van der Waals surface area contributed by atoms with Gasteiger partial charge in [0.05, 0.1) is 0 Å². The van der Waals surface area contributed by atoms with Gasteiger partial charge in [0.25, 0.3) is 0 Å². The standard InChI is InChI=1S/C12H27N3/c1-5-11-8-12(4,13-6-2)10-15(9-11)14-7-3/h11,13-14H,5-10H2,1-4H3. The lowest BCUT2D eigenvalue weighted by Crippen LogP contribution is -2.60. The van der Waals surface area contributed by atoms with Gasteiger partial charge in [0.2, 0.25) is 0 Å². The molecule has 0 aromatic carbocycles. The fraction of sp³-hybridized carbons (Fsp3) is 1.00. The van der Waals surface area contributed by atoms with Crippen LogP contribution < -0.4 is 10.7 Å². The molecule has 1 fully saturated rings. The third-order valence-electron chi connectivity index (χ3n) is 3.32. The van der Waals surface area contributed by atoms with Gasteiger partial charge in [-0.25, -0.2) is 5.01 Å². The maximum Gasteiger partial charge on any atom is 0.0311 e. The molecule has 1 aliphatic heterocycles. The summed E-state index contributed by atoms with van der Waals surface area (Å²) in [5.41, 5.74) is 3.74. The second kappa shape index (κ2) is 5.83. The summed E-state index contributed by atoms with van der Waals surface area (Å²) in [5.74, 6) is 0.821. The molecule has 3 heteroatoms. The zero-order valence-corrected chi connectivity index (χ0v) is 10.8. The summed E-state index contributed by atoms with van der Waals surface area (Å²) in [4.78, 5) is 0. The molecule has 2 unspecified atom stereocenters. The van der Waals surface area contributed by atoms with Gasteiger partial charge in [0.15, 0.2) is 0 Å². The zero-order valence-electron chi connectivity index (χ0n) is 10.8. The molecule has 0 radical (unpaired) electrons. The largest absolute Gasteiger partial charge is 0.310 e. The quantitative estimate of drug-likeness (QED) is 0.726. The normalized spacial score (nSPS) is 33.2. The maximum atomic E-state index is 3.63. The summed E-state index contributed by atoms with van der Waals surface area (Å²) >= 11 is 0. The van der Waals surface area contributed by atoms with Crippen LogP contribution in [-0.4, -0.2) is 36.7 Å². The van der Waals surface area contributed by atoms with Gasteiger partial charge in [-0.05, 0) is 25.8 Å². The van der Waals surface area contributed by atoms with Crippen molar-refractivity contribution in [3.05, 3.63) is 0 Å². The van der Waals surface area contributed by atoms with Gasteiger partial charge in [-0.2, -0.15) is 0 Å². The first kappa shape index (κ1) is 12.9. The lowest BCUT2D eigenvalue weighted by molar-refractivity contribution is 0.0502. The first-order valence-corrected chi connectivity index (χ1v) is 6.37. The van der Waals surface area contributed by atoms with Gasteiger partial charge in [0, 0.05) is 25.2 Å². The van der Waals surface area contributed by atoms with Crippen LogP contribution in [-0.2, 0) is 0 Å². The van der Waals surface area contributed by atoms with E-state index in [1.165, 1.54) is 19.4 Å². The molecule has 0 aromatic heterocycles. The highest BCUT2D eigenvalue weighted by Gasteiger charge is 2.34. The minimum atomic E-state index is 0.288. The molecular weight excluding hydrogens is 186 g/mol. The molecule has 1 heterocycles. The number of nitrogens with zero attached hydrogens (tertiary/aromatic N) is 1. The van der Waals surface area contributed by atoms with E-state index in [-0.39, 0.29) is 5.54 Å². The lowest BCUT2D eigenvalue weighted by Gasteiger charge is -2.44. The predicted molar refractivity (Wildman–Crippen MR) is 65.7 cm³/mol. The van der Waals surface area contributed by atoms with E-state index in [0.717, 1.165) is 25.6 Å². The third kappa shape index (κ3) is 3.74. The topological polar surface area (TPSA) is 27.3 Å². The van der Waals surface area contributed by atoms with Crippen LogP contribution in [0.1, 0.15) is 40.5 Å². The molecule has 0 spiro atoms. The van der Waals surface area contributed by atoms with E-state index in [1.807, 2.05) is 0 Å². The third-order valence-corrected chi connectivity index (χ3v) is 3.32. The van der Waals surface area contributed by atoms with Crippen molar-refractivity contribution in [3.8, 4) is 0 Å². The van der Waals surface area contributed by atoms with Gasteiger partial charge < -0.3 is 5.32 Å². The van der Waals surface area contributed by atoms with E-state index in [1.54, 1.807) is 0 Å². The minimum Gasteiger partial charge on any atom is -0.310 e. The Bertz CT molecular complexity index is 184. The first-order valence-electron chi connectivity index (χ1n) is 6.37. The average Bonchev–Trinajstić information content (AvgIpc) is 2.17. The number of hydrogen-bond donors (Lipinski definition) is 2. The molecule has 0 aliphatic carbocycles. The van der Waals surface area contributed by atoms with Crippen molar-refractivity contribution in [2.24, 2.45) is 5.92 Å². The van der Waals surface area contributed by atoms with E-state index < -0.39 is 0 Å². The van der Waals surface area contributed by atoms with Crippen molar-refractivity contribution >= 4 is 0 Å².